The Morgan fingerprint density at radius 3 is 2.67 bits per heavy atom. The van der Waals surface area contributed by atoms with E-state index in [0.717, 1.165) is 0 Å². The minimum Gasteiger partial charge on any atom is -0.484 e. The number of rotatable bonds is 3. The predicted octanol–water partition coefficient (Wildman–Crippen LogP) is 2.06. The highest BCUT2D eigenvalue weighted by Crippen LogP contribution is 2.20. The summed E-state index contributed by atoms with van der Waals surface area (Å²) in [7, 11) is 3.26. The Labute approximate surface area is 96.0 Å². The second kappa shape index (κ2) is 5.11. The highest BCUT2D eigenvalue weighted by atomic mass is 79.9. The first-order valence-corrected chi connectivity index (χ1v) is 5.07. The number of benzene rings is 1. The van der Waals surface area contributed by atoms with Gasteiger partial charge in [0.25, 0.3) is 5.91 Å². The summed E-state index contributed by atoms with van der Waals surface area (Å²) in [5, 5.41) is 0. The maximum atomic E-state index is 12.9. The van der Waals surface area contributed by atoms with Crippen molar-refractivity contribution in [1.29, 1.82) is 0 Å². The Bertz CT molecular complexity index is 348. The van der Waals surface area contributed by atoms with E-state index in [1.54, 1.807) is 20.2 Å². The van der Waals surface area contributed by atoms with Crippen LogP contribution in [0.5, 0.6) is 5.75 Å². The summed E-state index contributed by atoms with van der Waals surface area (Å²) < 4.78 is 18.6. The molecule has 0 aliphatic heterocycles. The second-order valence-corrected chi connectivity index (χ2v) is 4.10. The average Bonchev–Trinajstić information content (AvgIpc) is 2.12. The number of likely N-dealkylation sites (N-methyl/N-ethyl adjacent to an activating group) is 1. The van der Waals surface area contributed by atoms with Gasteiger partial charge in [-0.1, -0.05) is 15.9 Å². The van der Waals surface area contributed by atoms with Crippen LogP contribution >= 0.6 is 15.9 Å². The first-order chi connectivity index (χ1) is 6.99. The fourth-order valence-corrected chi connectivity index (χ4v) is 1.33. The SMILES string of the molecule is CN(C)C(=O)COc1cc(F)cc(Br)c1. The lowest BCUT2D eigenvalue weighted by Crippen LogP contribution is -2.27. The molecule has 0 aromatic heterocycles. The van der Waals surface area contributed by atoms with E-state index in [1.165, 1.54) is 17.0 Å². The summed E-state index contributed by atoms with van der Waals surface area (Å²) in [5.74, 6) is -0.246. The number of ether oxygens (including phenoxy) is 1. The van der Waals surface area contributed by atoms with Crippen molar-refractivity contribution in [1.82, 2.24) is 4.90 Å². The summed E-state index contributed by atoms with van der Waals surface area (Å²) >= 11 is 3.13. The first-order valence-electron chi connectivity index (χ1n) is 4.28. The van der Waals surface area contributed by atoms with E-state index in [2.05, 4.69) is 15.9 Å². The molecule has 0 N–H and O–H groups in total. The van der Waals surface area contributed by atoms with Crippen LogP contribution in [0, 0.1) is 5.82 Å². The van der Waals surface area contributed by atoms with Crippen LogP contribution in [0.1, 0.15) is 0 Å². The molecule has 5 heteroatoms. The number of nitrogens with zero attached hydrogens (tertiary/aromatic N) is 1. The molecule has 0 aliphatic rings. The summed E-state index contributed by atoms with van der Waals surface area (Å²) in [4.78, 5) is 12.6. The summed E-state index contributed by atoms with van der Waals surface area (Å²) in [6, 6.07) is 4.15. The molecule has 0 heterocycles. The van der Waals surface area contributed by atoms with Crippen LogP contribution < -0.4 is 4.74 Å². The smallest absolute Gasteiger partial charge is 0.259 e. The average molecular weight is 276 g/mol. The van der Waals surface area contributed by atoms with E-state index in [-0.39, 0.29) is 12.5 Å². The normalized spacial score (nSPS) is 9.87. The van der Waals surface area contributed by atoms with E-state index in [9.17, 15) is 9.18 Å². The Kier molecular flexibility index (Phi) is 4.08. The second-order valence-electron chi connectivity index (χ2n) is 3.18. The van der Waals surface area contributed by atoms with Gasteiger partial charge in [-0.3, -0.25) is 4.79 Å². The minimum absolute atomic E-state index is 0.0944. The predicted molar refractivity (Wildman–Crippen MR) is 58.3 cm³/mol. The number of carbonyl (C=O) groups is 1. The van der Waals surface area contributed by atoms with Crippen molar-refractivity contribution in [2.45, 2.75) is 0 Å². The third-order valence-electron chi connectivity index (χ3n) is 1.70. The molecule has 82 valence electrons. The maximum Gasteiger partial charge on any atom is 0.259 e. The number of halogens is 2. The molecular formula is C10H11BrFNO2. The molecular weight excluding hydrogens is 265 g/mol. The van der Waals surface area contributed by atoms with Gasteiger partial charge in [-0.25, -0.2) is 4.39 Å². The Morgan fingerprint density at radius 2 is 2.13 bits per heavy atom. The van der Waals surface area contributed by atoms with Crippen LogP contribution in [0.2, 0.25) is 0 Å². The molecule has 0 unspecified atom stereocenters. The number of hydrogen-bond donors (Lipinski definition) is 0. The molecule has 0 spiro atoms. The number of hydrogen-bond acceptors (Lipinski definition) is 2. The fourth-order valence-electron chi connectivity index (χ4n) is 0.886. The molecule has 0 saturated heterocycles. The van der Waals surface area contributed by atoms with Crippen LogP contribution in [0.3, 0.4) is 0 Å². The molecule has 0 atom stereocenters. The van der Waals surface area contributed by atoms with Gasteiger partial charge in [-0.05, 0) is 12.1 Å². The lowest BCUT2D eigenvalue weighted by atomic mass is 10.3. The van der Waals surface area contributed by atoms with Gasteiger partial charge in [0.2, 0.25) is 0 Å². The van der Waals surface area contributed by atoms with Gasteiger partial charge in [0.15, 0.2) is 6.61 Å². The van der Waals surface area contributed by atoms with Crippen molar-refractivity contribution in [3.8, 4) is 5.75 Å². The molecule has 1 rings (SSSR count). The minimum atomic E-state index is -0.406. The molecule has 0 radical (unpaired) electrons. The lowest BCUT2D eigenvalue weighted by Gasteiger charge is -2.11. The molecule has 1 aromatic rings. The first kappa shape index (κ1) is 12.0. The molecule has 0 aliphatic carbocycles. The molecule has 1 aromatic carbocycles. The quantitative estimate of drug-likeness (QED) is 0.845. The molecule has 0 bridgehead atoms. The molecule has 0 fully saturated rings. The van der Waals surface area contributed by atoms with Crippen LogP contribution in [-0.2, 0) is 4.79 Å². The van der Waals surface area contributed by atoms with E-state index in [1.807, 2.05) is 0 Å². The summed E-state index contributed by atoms with van der Waals surface area (Å²) in [6.07, 6.45) is 0. The van der Waals surface area contributed by atoms with E-state index >= 15 is 0 Å². The van der Waals surface area contributed by atoms with Crippen LogP contribution in [0.15, 0.2) is 22.7 Å². The number of amides is 1. The van der Waals surface area contributed by atoms with Gasteiger partial charge >= 0.3 is 0 Å². The van der Waals surface area contributed by atoms with Gasteiger partial charge in [0.1, 0.15) is 11.6 Å². The van der Waals surface area contributed by atoms with E-state index < -0.39 is 5.82 Å². The van der Waals surface area contributed by atoms with Gasteiger partial charge < -0.3 is 9.64 Å². The number of carbonyl (C=O) groups excluding carboxylic acids is 1. The standard InChI is InChI=1S/C10H11BrFNO2/c1-13(2)10(14)6-15-9-4-7(11)3-8(12)5-9/h3-5H,6H2,1-2H3. The van der Waals surface area contributed by atoms with Gasteiger partial charge in [0.05, 0.1) is 0 Å². The third-order valence-corrected chi connectivity index (χ3v) is 2.16. The van der Waals surface area contributed by atoms with Gasteiger partial charge in [0, 0.05) is 24.6 Å². The topological polar surface area (TPSA) is 29.5 Å². The van der Waals surface area contributed by atoms with Crippen molar-refractivity contribution in [2.24, 2.45) is 0 Å². The molecule has 0 saturated carbocycles. The van der Waals surface area contributed by atoms with E-state index in [0.29, 0.717) is 10.2 Å². The third kappa shape index (κ3) is 3.87. The fraction of sp³-hybridized carbons (Fsp3) is 0.300. The summed E-state index contributed by atoms with van der Waals surface area (Å²) in [6.45, 7) is -0.0944. The summed E-state index contributed by atoms with van der Waals surface area (Å²) in [5.41, 5.74) is 0. The molecule has 3 nitrogen and oxygen atoms in total. The van der Waals surface area contributed by atoms with Crippen LogP contribution in [-0.4, -0.2) is 31.5 Å². The Hall–Kier alpha value is -1.10. The van der Waals surface area contributed by atoms with Crippen LogP contribution in [0.4, 0.5) is 4.39 Å². The van der Waals surface area contributed by atoms with E-state index in [4.69, 9.17) is 4.74 Å². The zero-order valence-electron chi connectivity index (χ0n) is 8.46. The van der Waals surface area contributed by atoms with Gasteiger partial charge in [-0.15, -0.1) is 0 Å². The molecule has 15 heavy (non-hydrogen) atoms. The van der Waals surface area contributed by atoms with Crippen molar-refractivity contribution >= 4 is 21.8 Å². The highest BCUT2D eigenvalue weighted by molar-refractivity contribution is 9.10. The van der Waals surface area contributed by atoms with Crippen molar-refractivity contribution in [3.05, 3.63) is 28.5 Å². The highest BCUT2D eigenvalue weighted by Gasteiger charge is 2.06. The lowest BCUT2D eigenvalue weighted by molar-refractivity contribution is -0.130. The zero-order chi connectivity index (χ0) is 11.4. The Morgan fingerprint density at radius 1 is 1.47 bits per heavy atom. The van der Waals surface area contributed by atoms with Gasteiger partial charge in [-0.2, -0.15) is 0 Å². The Balaban J connectivity index is 2.61. The van der Waals surface area contributed by atoms with Crippen molar-refractivity contribution in [2.75, 3.05) is 20.7 Å². The largest absolute Gasteiger partial charge is 0.484 e. The van der Waals surface area contributed by atoms with Crippen molar-refractivity contribution in [3.63, 3.8) is 0 Å². The maximum absolute atomic E-state index is 12.9. The van der Waals surface area contributed by atoms with Crippen LogP contribution in [0.25, 0.3) is 0 Å². The zero-order valence-corrected chi connectivity index (χ0v) is 10.0. The molecule has 1 amide bonds. The monoisotopic (exact) mass is 275 g/mol. The van der Waals surface area contributed by atoms with Crippen molar-refractivity contribution < 1.29 is 13.9 Å².